The predicted molar refractivity (Wildman–Crippen MR) is 101 cm³/mol. The number of benzene rings is 1. The van der Waals surface area contributed by atoms with Gasteiger partial charge in [-0.05, 0) is 44.0 Å². The van der Waals surface area contributed by atoms with Crippen LogP contribution in [0.1, 0.15) is 16.7 Å². The molecular weight excluding hydrogens is 322 g/mol. The fraction of sp³-hybridized carbons (Fsp3) is 0.389. The maximum Gasteiger partial charge on any atom is 0.250 e. The Labute approximate surface area is 147 Å². The average Bonchev–Trinajstić information content (AvgIpc) is 2.58. The summed E-state index contributed by atoms with van der Waals surface area (Å²) in [5.41, 5.74) is 4.37. The molecule has 1 heterocycles. The summed E-state index contributed by atoms with van der Waals surface area (Å²) in [6.45, 7) is 6.86. The Morgan fingerprint density at radius 1 is 0.960 bits per heavy atom. The third kappa shape index (κ3) is 6.48. The van der Waals surface area contributed by atoms with Crippen LogP contribution in [0.5, 0.6) is 5.88 Å². The van der Waals surface area contributed by atoms with Crippen molar-refractivity contribution in [1.29, 1.82) is 0 Å². The lowest BCUT2D eigenvalue weighted by Crippen LogP contribution is -2.10. The third-order valence-electron chi connectivity index (χ3n) is 3.72. The van der Waals surface area contributed by atoms with Gasteiger partial charge < -0.3 is 26.0 Å². The van der Waals surface area contributed by atoms with Crippen LogP contribution in [0, 0.1) is 20.8 Å². The number of aliphatic hydroxyl groups excluding tert-OH is 2. The number of H-pyrrole nitrogens is 1. The van der Waals surface area contributed by atoms with E-state index in [2.05, 4.69) is 15.6 Å². The Hall–Kier alpha value is -2.51. The number of anilines is 2. The molecule has 0 aliphatic heterocycles. The van der Waals surface area contributed by atoms with Crippen LogP contribution in [-0.4, -0.2) is 46.6 Å². The first-order valence-electron chi connectivity index (χ1n) is 8.09. The number of aromatic amines is 1. The largest absolute Gasteiger partial charge is 0.494 e. The van der Waals surface area contributed by atoms with Crippen LogP contribution in [0.25, 0.3) is 0 Å². The highest BCUT2D eigenvalue weighted by atomic mass is 16.3. The van der Waals surface area contributed by atoms with E-state index < -0.39 is 0 Å². The fourth-order valence-electron chi connectivity index (χ4n) is 2.14. The maximum atomic E-state index is 10.6. The Bertz CT molecular complexity index is 676. The van der Waals surface area contributed by atoms with Gasteiger partial charge in [-0.15, -0.1) is 0 Å². The molecule has 0 atom stereocenters. The number of rotatable bonds is 6. The third-order valence-corrected chi connectivity index (χ3v) is 3.72. The first kappa shape index (κ1) is 20.5. The number of aliphatic hydroxyl groups is 2. The van der Waals surface area contributed by atoms with Gasteiger partial charge in [0.15, 0.2) is 5.88 Å². The molecule has 0 amide bonds. The maximum absolute atomic E-state index is 10.6. The fourth-order valence-corrected chi connectivity index (χ4v) is 2.14. The van der Waals surface area contributed by atoms with Crippen LogP contribution >= 0.6 is 0 Å². The van der Waals surface area contributed by atoms with Crippen LogP contribution < -0.4 is 16.2 Å². The predicted octanol–water partition coefficient (Wildman–Crippen LogP) is 1.50. The van der Waals surface area contributed by atoms with E-state index in [1.165, 1.54) is 6.07 Å². The van der Waals surface area contributed by atoms with Gasteiger partial charge in [0.05, 0.1) is 13.2 Å². The van der Waals surface area contributed by atoms with Crippen molar-refractivity contribution in [3.63, 3.8) is 0 Å². The molecule has 7 heteroatoms. The molecule has 1 aromatic heterocycles. The van der Waals surface area contributed by atoms with E-state index in [1.807, 2.05) is 25.1 Å². The second kappa shape index (κ2) is 10.4. The van der Waals surface area contributed by atoms with Crippen molar-refractivity contribution in [2.75, 3.05) is 36.9 Å². The van der Waals surface area contributed by atoms with Crippen molar-refractivity contribution >= 4 is 11.4 Å². The molecule has 0 saturated heterocycles. The normalized spacial score (nSPS) is 9.96. The number of pyridine rings is 1. The molecule has 0 spiro atoms. The van der Waals surface area contributed by atoms with Crippen molar-refractivity contribution < 1.29 is 15.3 Å². The lowest BCUT2D eigenvalue weighted by atomic mass is 10.1. The Morgan fingerprint density at radius 2 is 1.48 bits per heavy atom. The van der Waals surface area contributed by atoms with Crippen molar-refractivity contribution in [3.05, 3.63) is 51.3 Å². The SMILES string of the molecule is Cc1c(NCCO)cccc1NCCO.Cc1cc(=O)[nH]c(O)c1C. The second-order valence-electron chi connectivity index (χ2n) is 5.57. The van der Waals surface area contributed by atoms with Crippen molar-refractivity contribution in [3.8, 4) is 5.88 Å². The quantitative estimate of drug-likeness (QED) is 0.471. The summed E-state index contributed by atoms with van der Waals surface area (Å²) in [4.78, 5) is 12.9. The van der Waals surface area contributed by atoms with Gasteiger partial charge in [0, 0.05) is 36.1 Å². The second-order valence-corrected chi connectivity index (χ2v) is 5.57. The van der Waals surface area contributed by atoms with E-state index in [-0.39, 0.29) is 24.7 Å². The number of aromatic hydroxyl groups is 1. The van der Waals surface area contributed by atoms with Gasteiger partial charge in [0.2, 0.25) is 0 Å². The van der Waals surface area contributed by atoms with Gasteiger partial charge in [-0.3, -0.25) is 9.78 Å². The zero-order chi connectivity index (χ0) is 18.8. The van der Waals surface area contributed by atoms with Crippen LogP contribution in [-0.2, 0) is 0 Å². The molecule has 7 nitrogen and oxygen atoms in total. The van der Waals surface area contributed by atoms with E-state index in [0.29, 0.717) is 13.1 Å². The number of aromatic nitrogens is 1. The van der Waals surface area contributed by atoms with E-state index in [4.69, 9.17) is 15.3 Å². The van der Waals surface area contributed by atoms with Crippen LogP contribution in [0.2, 0.25) is 0 Å². The van der Waals surface area contributed by atoms with Gasteiger partial charge in [-0.2, -0.15) is 0 Å². The smallest absolute Gasteiger partial charge is 0.250 e. The molecule has 25 heavy (non-hydrogen) atoms. The number of hydrogen-bond donors (Lipinski definition) is 6. The highest BCUT2D eigenvalue weighted by Gasteiger charge is 2.02. The van der Waals surface area contributed by atoms with Crippen molar-refractivity contribution in [2.24, 2.45) is 0 Å². The van der Waals surface area contributed by atoms with Gasteiger partial charge in [-0.25, -0.2) is 0 Å². The molecule has 138 valence electrons. The molecular formula is C18H27N3O4. The summed E-state index contributed by atoms with van der Waals surface area (Å²) in [5.74, 6) is -0.0370. The minimum Gasteiger partial charge on any atom is -0.494 e. The average molecular weight is 349 g/mol. The molecule has 0 bridgehead atoms. The topological polar surface area (TPSA) is 118 Å². The summed E-state index contributed by atoms with van der Waals surface area (Å²) in [7, 11) is 0. The van der Waals surface area contributed by atoms with Gasteiger partial charge in [-0.1, -0.05) is 6.07 Å². The standard InChI is InChI=1S/C11H18N2O2.C7H9NO2/c1-9-10(12-5-7-14)3-2-4-11(9)13-6-8-15;1-4-3-6(9)8-7(10)5(4)2/h2-4,12-15H,5-8H2,1H3;3H,1-2H3,(H2,8,9,10). The number of hydrogen-bond acceptors (Lipinski definition) is 6. The van der Waals surface area contributed by atoms with Crippen molar-refractivity contribution in [2.45, 2.75) is 20.8 Å². The lowest BCUT2D eigenvalue weighted by molar-refractivity contribution is 0.311. The van der Waals surface area contributed by atoms with Crippen LogP contribution in [0.3, 0.4) is 0 Å². The van der Waals surface area contributed by atoms with Crippen LogP contribution in [0.15, 0.2) is 29.1 Å². The van der Waals surface area contributed by atoms with Crippen LogP contribution in [0.4, 0.5) is 11.4 Å². The molecule has 0 aliphatic rings. The Kier molecular flexibility index (Phi) is 8.52. The number of nitrogens with one attached hydrogen (secondary N) is 3. The molecule has 0 aliphatic carbocycles. The lowest BCUT2D eigenvalue weighted by Gasteiger charge is -2.13. The van der Waals surface area contributed by atoms with E-state index >= 15 is 0 Å². The highest BCUT2D eigenvalue weighted by Crippen LogP contribution is 2.22. The highest BCUT2D eigenvalue weighted by molar-refractivity contribution is 5.64. The van der Waals surface area contributed by atoms with E-state index in [9.17, 15) is 4.79 Å². The van der Waals surface area contributed by atoms with Gasteiger partial charge in [0.25, 0.3) is 5.56 Å². The number of aryl methyl sites for hydroxylation is 1. The Balaban J connectivity index is 0.000000271. The molecule has 0 fully saturated rings. The zero-order valence-electron chi connectivity index (χ0n) is 14.9. The zero-order valence-corrected chi connectivity index (χ0v) is 14.9. The molecule has 1 aromatic carbocycles. The van der Waals surface area contributed by atoms with Crippen molar-refractivity contribution in [1.82, 2.24) is 4.98 Å². The summed E-state index contributed by atoms with van der Waals surface area (Å²) in [6, 6.07) is 7.33. The summed E-state index contributed by atoms with van der Waals surface area (Å²) < 4.78 is 0. The summed E-state index contributed by atoms with van der Waals surface area (Å²) in [6.07, 6.45) is 0. The molecule has 6 N–H and O–H groups in total. The molecule has 0 radical (unpaired) electrons. The molecule has 2 aromatic rings. The summed E-state index contributed by atoms with van der Waals surface area (Å²) >= 11 is 0. The monoisotopic (exact) mass is 349 g/mol. The van der Waals surface area contributed by atoms with E-state index in [0.717, 1.165) is 28.1 Å². The molecule has 0 saturated carbocycles. The minimum atomic E-state index is -0.263. The molecule has 0 unspecified atom stereocenters. The first-order valence-corrected chi connectivity index (χ1v) is 8.09. The summed E-state index contributed by atoms with van der Waals surface area (Å²) in [5, 5.41) is 32.7. The molecule has 2 rings (SSSR count). The first-order chi connectivity index (χ1) is 11.9. The van der Waals surface area contributed by atoms with E-state index in [1.54, 1.807) is 13.8 Å². The van der Waals surface area contributed by atoms with Gasteiger partial charge in [0.1, 0.15) is 0 Å². The minimum absolute atomic E-state index is 0.0370. The Morgan fingerprint density at radius 3 is 1.92 bits per heavy atom. The van der Waals surface area contributed by atoms with Gasteiger partial charge >= 0.3 is 0 Å².